The van der Waals surface area contributed by atoms with Crippen molar-refractivity contribution in [1.82, 2.24) is 4.98 Å². The fourth-order valence-electron chi connectivity index (χ4n) is 4.59. The fraction of sp³-hybridized carbons (Fsp3) is 0.391. The molecule has 2 aromatic rings. The average Bonchev–Trinajstić information content (AvgIpc) is 3.21. The van der Waals surface area contributed by atoms with Gasteiger partial charge in [0, 0.05) is 44.1 Å². The molecule has 4 heterocycles. The molecule has 2 saturated heterocycles. The van der Waals surface area contributed by atoms with Crippen LogP contribution in [0.25, 0.3) is 6.08 Å². The zero-order valence-corrected chi connectivity index (χ0v) is 18.1. The molecule has 180 valence electrons. The van der Waals surface area contributed by atoms with Gasteiger partial charge in [-0.3, -0.25) is 0 Å². The van der Waals surface area contributed by atoms with Gasteiger partial charge in [0.05, 0.1) is 30.5 Å². The Morgan fingerprint density at radius 2 is 1.94 bits per heavy atom. The first-order valence-corrected chi connectivity index (χ1v) is 10.9. The summed E-state index contributed by atoms with van der Waals surface area (Å²) >= 11 is 0. The van der Waals surface area contributed by atoms with Gasteiger partial charge in [0.15, 0.2) is 17.4 Å². The number of pyridine rings is 1. The van der Waals surface area contributed by atoms with Crippen molar-refractivity contribution in [3.63, 3.8) is 0 Å². The summed E-state index contributed by atoms with van der Waals surface area (Å²) in [5, 5.41) is 9.50. The first-order chi connectivity index (χ1) is 16.3. The number of carbonyl (C=O) groups is 1. The van der Waals surface area contributed by atoms with Crippen molar-refractivity contribution in [3.05, 3.63) is 52.9 Å². The Labute approximate surface area is 193 Å². The summed E-state index contributed by atoms with van der Waals surface area (Å²) in [6.07, 6.45) is 2.12. The van der Waals surface area contributed by atoms with Gasteiger partial charge in [-0.2, -0.15) is 0 Å². The number of ether oxygens (including phenoxy) is 2. The number of hydrogen-bond acceptors (Lipinski definition) is 7. The van der Waals surface area contributed by atoms with Crippen LogP contribution in [-0.2, 0) is 14.3 Å². The van der Waals surface area contributed by atoms with Crippen molar-refractivity contribution in [2.75, 3.05) is 42.6 Å². The second-order valence-electron chi connectivity index (χ2n) is 8.55. The fourth-order valence-corrected chi connectivity index (χ4v) is 4.59. The van der Waals surface area contributed by atoms with Crippen LogP contribution in [0.3, 0.4) is 0 Å². The van der Waals surface area contributed by atoms with E-state index in [1.807, 2.05) is 0 Å². The van der Waals surface area contributed by atoms with Gasteiger partial charge in [-0.1, -0.05) is 0 Å². The van der Waals surface area contributed by atoms with E-state index in [0.717, 1.165) is 6.07 Å². The summed E-state index contributed by atoms with van der Waals surface area (Å²) in [6.45, 7) is 1.36. The van der Waals surface area contributed by atoms with Crippen LogP contribution in [0.4, 0.5) is 30.5 Å². The molecule has 1 atom stereocenters. The van der Waals surface area contributed by atoms with Crippen molar-refractivity contribution >= 4 is 29.4 Å². The third kappa shape index (κ3) is 3.99. The van der Waals surface area contributed by atoms with Gasteiger partial charge in [-0.15, -0.1) is 0 Å². The van der Waals surface area contributed by atoms with Crippen molar-refractivity contribution in [2.24, 2.45) is 5.73 Å². The Hall–Kier alpha value is -3.15. The Balaban J connectivity index is 1.48. The monoisotopic (exact) mass is 476 g/mol. The summed E-state index contributed by atoms with van der Waals surface area (Å²) in [5.41, 5.74) is 5.73. The van der Waals surface area contributed by atoms with Gasteiger partial charge in [0.1, 0.15) is 17.5 Å². The number of rotatable bonds is 4. The second-order valence-corrected chi connectivity index (χ2v) is 8.55. The lowest BCUT2D eigenvalue weighted by atomic mass is 10.0. The van der Waals surface area contributed by atoms with Crippen molar-refractivity contribution in [1.29, 1.82) is 0 Å². The normalized spacial score (nSPS) is 21.5. The molecular formula is C23H23F3N4O4. The summed E-state index contributed by atoms with van der Waals surface area (Å²) in [6, 6.07) is 4.17. The summed E-state index contributed by atoms with van der Waals surface area (Å²) < 4.78 is 55.0. The molecule has 0 saturated carbocycles. The Morgan fingerprint density at radius 1 is 1.18 bits per heavy atom. The Morgan fingerprint density at radius 3 is 2.59 bits per heavy atom. The smallest absolute Gasteiger partial charge is 0.333 e. The zero-order chi connectivity index (χ0) is 24.0. The van der Waals surface area contributed by atoms with Crippen molar-refractivity contribution in [3.8, 4) is 0 Å². The minimum absolute atomic E-state index is 0.0571. The van der Waals surface area contributed by atoms with Gasteiger partial charge in [-0.05, 0) is 24.3 Å². The number of aliphatic carboxylic acids is 1. The highest BCUT2D eigenvalue weighted by atomic mass is 19.1. The highest BCUT2D eigenvalue weighted by Gasteiger charge is 2.44. The van der Waals surface area contributed by atoms with Crippen LogP contribution in [-0.4, -0.2) is 60.7 Å². The number of carboxylic acids is 1. The molecule has 0 bridgehead atoms. The quantitative estimate of drug-likeness (QED) is 0.695. The van der Waals surface area contributed by atoms with E-state index in [1.54, 1.807) is 4.90 Å². The zero-order valence-electron chi connectivity index (χ0n) is 18.1. The Bertz CT molecular complexity index is 1170. The minimum Gasteiger partial charge on any atom is -0.478 e. The molecule has 1 spiro atoms. The molecule has 2 fully saturated rings. The number of carboxylic acid groups (broad SMARTS) is 1. The molecule has 8 nitrogen and oxygen atoms in total. The summed E-state index contributed by atoms with van der Waals surface area (Å²) in [7, 11) is 0. The molecule has 3 N–H and O–H groups in total. The summed E-state index contributed by atoms with van der Waals surface area (Å²) in [4.78, 5) is 19.2. The van der Waals surface area contributed by atoms with Crippen LogP contribution in [0, 0.1) is 17.5 Å². The Kier molecular flexibility index (Phi) is 5.70. The first kappa shape index (κ1) is 22.6. The van der Waals surface area contributed by atoms with Crippen LogP contribution in [0.5, 0.6) is 0 Å². The van der Waals surface area contributed by atoms with E-state index in [-0.39, 0.29) is 41.1 Å². The lowest BCUT2D eigenvalue weighted by Gasteiger charge is -2.39. The highest BCUT2D eigenvalue weighted by Crippen LogP contribution is 2.39. The molecule has 34 heavy (non-hydrogen) atoms. The third-order valence-corrected chi connectivity index (χ3v) is 6.36. The molecule has 0 radical (unpaired) electrons. The minimum atomic E-state index is -1.23. The number of benzene rings is 1. The van der Waals surface area contributed by atoms with Crippen LogP contribution < -0.4 is 15.5 Å². The molecule has 3 aliphatic heterocycles. The molecule has 0 aliphatic carbocycles. The second kappa shape index (κ2) is 8.57. The number of fused-ring (bicyclic) bond motifs is 1. The number of halogens is 3. The van der Waals surface area contributed by atoms with Gasteiger partial charge in [0.25, 0.3) is 0 Å². The summed E-state index contributed by atoms with van der Waals surface area (Å²) in [5.74, 6) is -4.01. The standard InChI is InChI=1S/C23H23F3N4O4/c24-15-1-2-19(17(25)9-15)30-11-14(22(31)32)7-13-8-18(26)21(28-20(13)30)29-5-3-23(4-6-29)33-12-16(10-27)34-23/h1-2,7-9,16H,3-6,10-12,27H2,(H,31,32). The molecule has 0 amide bonds. The number of aromatic nitrogens is 1. The number of anilines is 3. The molecule has 5 rings (SSSR count). The van der Waals surface area contributed by atoms with E-state index in [2.05, 4.69) is 4.98 Å². The third-order valence-electron chi connectivity index (χ3n) is 6.36. The number of nitrogens with two attached hydrogens (primary N) is 1. The maximum Gasteiger partial charge on any atom is 0.333 e. The van der Waals surface area contributed by atoms with E-state index in [0.29, 0.717) is 45.1 Å². The van der Waals surface area contributed by atoms with E-state index in [1.165, 1.54) is 23.1 Å². The maximum atomic E-state index is 15.1. The van der Waals surface area contributed by atoms with Crippen molar-refractivity contribution in [2.45, 2.75) is 24.7 Å². The number of piperidine rings is 1. The van der Waals surface area contributed by atoms with Gasteiger partial charge in [0.2, 0.25) is 0 Å². The van der Waals surface area contributed by atoms with Crippen LogP contribution >= 0.6 is 0 Å². The van der Waals surface area contributed by atoms with Gasteiger partial charge in [-0.25, -0.2) is 22.9 Å². The predicted molar refractivity (Wildman–Crippen MR) is 117 cm³/mol. The van der Waals surface area contributed by atoms with Crippen molar-refractivity contribution < 1.29 is 32.5 Å². The van der Waals surface area contributed by atoms with Crippen LogP contribution in [0.2, 0.25) is 0 Å². The van der Waals surface area contributed by atoms with E-state index >= 15 is 4.39 Å². The van der Waals surface area contributed by atoms with Gasteiger partial charge < -0.3 is 30.1 Å². The lowest BCUT2D eigenvalue weighted by Crippen LogP contribution is -2.46. The highest BCUT2D eigenvalue weighted by molar-refractivity contribution is 5.97. The number of hydrogen-bond donors (Lipinski definition) is 2. The molecular weight excluding hydrogens is 453 g/mol. The topological polar surface area (TPSA) is 101 Å². The van der Waals surface area contributed by atoms with E-state index in [9.17, 15) is 18.7 Å². The number of nitrogens with zero attached hydrogens (tertiary/aromatic N) is 3. The molecule has 1 aromatic heterocycles. The van der Waals surface area contributed by atoms with Gasteiger partial charge >= 0.3 is 5.97 Å². The first-order valence-electron chi connectivity index (χ1n) is 10.9. The average molecular weight is 476 g/mol. The lowest BCUT2D eigenvalue weighted by molar-refractivity contribution is -0.179. The van der Waals surface area contributed by atoms with E-state index in [4.69, 9.17) is 15.2 Å². The molecule has 3 aliphatic rings. The van der Waals surface area contributed by atoms with E-state index < -0.39 is 29.2 Å². The predicted octanol–water partition coefficient (Wildman–Crippen LogP) is 2.79. The SMILES string of the molecule is NCC1COC2(CCN(c3nc4c(cc3F)C=C(C(=O)O)CN4c3ccc(F)cc3F)CC2)O1. The van der Waals surface area contributed by atoms with Crippen LogP contribution in [0.15, 0.2) is 29.8 Å². The molecule has 1 aromatic carbocycles. The molecule has 11 heteroatoms. The largest absolute Gasteiger partial charge is 0.478 e. The van der Waals surface area contributed by atoms with Crippen LogP contribution in [0.1, 0.15) is 18.4 Å². The maximum absolute atomic E-state index is 15.1. The molecule has 1 unspecified atom stereocenters.